The van der Waals surface area contributed by atoms with Crippen LogP contribution >= 0.6 is 11.8 Å². The van der Waals surface area contributed by atoms with Gasteiger partial charge < -0.3 is 10.3 Å². The van der Waals surface area contributed by atoms with Gasteiger partial charge in [0.2, 0.25) is 5.91 Å². The van der Waals surface area contributed by atoms with Gasteiger partial charge in [0.25, 0.3) is 0 Å². The van der Waals surface area contributed by atoms with Crippen LogP contribution in [-0.2, 0) is 4.79 Å². The smallest absolute Gasteiger partial charge is 0.233 e. The van der Waals surface area contributed by atoms with Gasteiger partial charge in [-0.3, -0.25) is 4.79 Å². The number of hydrogen-bond donors (Lipinski definition) is 2. The third-order valence-electron chi connectivity index (χ3n) is 2.05. The van der Waals surface area contributed by atoms with Crippen LogP contribution in [0, 0.1) is 0 Å². The third-order valence-corrected chi connectivity index (χ3v) is 3.07. The van der Waals surface area contributed by atoms with Gasteiger partial charge in [-0.25, -0.2) is 4.98 Å². The van der Waals surface area contributed by atoms with Crippen molar-refractivity contribution >= 4 is 17.7 Å². The van der Waals surface area contributed by atoms with Crippen molar-refractivity contribution in [1.82, 2.24) is 15.3 Å². The van der Waals surface area contributed by atoms with Crippen molar-refractivity contribution in [2.24, 2.45) is 0 Å². The quantitative estimate of drug-likeness (QED) is 0.735. The Balaban J connectivity index is 1.81. The van der Waals surface area contributed by atoms with Crippen LogP contribution in [0.4, 0.5) is 0 Å². The summed E-state index contributed by atoms with van der Waals surface area (Å²) in [6, 6.07) is 0.433. The molecule has 0 aliphatic heterocycles. The largest absolute Gasteiger partial charge is 0.352 e. The normalized spacial score (nSPS) is 17.8. The van der Waals surface area contributed by atoms with Crippen molar-refractivity contribution in [3.63, 3.8) is 0 Å². The second-order valence-corrected chi connectivity index (χ2v) is 4.77. The average molecular weight is 211 g/mol. The Labute approximate surface area is 86.9 Å². The van der Waals surface area contributed by atoms with E-state index < -0.39 is 0 Å². The molecule has 1 unspecified atom stereocenters. The first-order valence-electron chi connectivity index (χ1n) is 4.72. The van der Waals surface area contributed by atoms with Crippen molar-refractivity contribution in [3.05, 3.63) is 12.4 Å². The van der Waals surface area contributed by atoms with Crippen LogP contribution in [-0.4, -0.2) is 27.2 Å². The molecule has 0 saturated heterocycles. The molecular formula is C9H13N3OS. The maximum Gasteiger partial charge on any atom is 0.233 e. The van der Waals surface area contributed by atoms with E-state index in [4.69, 9.17) is 0 Å². The predicted molar refractivity (Wildman–Crippen MR) is 55.1 cm³/mol. The molecule has 14 heavy (non-hydrogen) atoms. The maximum atomic E-state index is 11.5. The van der Waals surface area contributed by atoms with Gasteiger partial charge in [0.15, 0.2) is 5.16 Å². The van der Waals surface area contributed by atoms with Gasteiger partial charge in [-0.15, -0.1) is 0 Å². The van der Waals surface area contributed by atoms with Crippen molar-refractivity contribution in [2.75, 3.05) is 0 Å². The van der Waals surface area contributed by atoms with Gasteiger partial charge >= 0.3 is 0 Å². The minimum atomic E-state index is -0.0817. The number of imidazole rings is 1. The summed E-state index contributed by atoms with van der Waals surface area (Å²) in [5, 5.41) is 3.68. The molecule has 1 aliphatic carbocycles. The van der Waals surface area contributed by atoms with E-state index >= 15 is 0 Å². The molecule has 1 saturated carbocycles. The monoisotopic (exact) mass is 211 g/mol. The van der Waals surface area contributed by atoms with E-state index in [1.807, 2.05) is 6.92 Å². The molecule has 0 radical (unpaired) electrons. The molecule has 0 spiro atoms. The molecule has 4 nitrogen and oxygen atoms in total. The zero-order valence-corrected chi connectivity index (χ0v) is 8.80. The number of nitrogens with one attached hydrogen (secondary N) is 2. The Bertz CT molecular complexity index is 308. The molecule has 2 rings (SSSR count). The molecule has 5 heteroatoms. The van der Waals surface area contributed by atoms with E-state index in [9.17, 15) is 4.79 Å². The number of carbonyl (C=O) groups excluding carboxylic acids is 1. The SMILES string of the molecule is CC(Sc1ncc[nH]1)C(=O)NC1CC1. The standard InChI is InChI=1S/C9H13N3OS/c1-6(8(13)12-7-2-3-7)14-9-10-4-5-11-9/h4-7H,2-3H2,1H3,(H,10,11)(H,12,13). The minimum Gasteiger partial charge on any atom is -0.352 e. The Hall–Kier alpha value is -0.970. The Kier molecular flexibility index (Phi) is 2.77. The molecule has 76 valence electrons. The average Bonchev–Trinajstić information content (AvgIpc) is 2.81. The summed E-state index contributed by atoms with van der Waals surface area (Å²) in [6.07, 6.45) is 5.70. The predicted octanol–water partition coefficient (Wildman–Crippen LogP) is 1.17. The number of amides is 1. The first-order valence-corrected chi connectivity index (χ1v) is 5.60. The van der Waals surface area contributed by atoms with E-state index in [-0.39, 0.29) is 11.2 Å². The number of carbonyl (C=O) groups is 1. The van der Waals surface area contributed by atoms with Crippen LogP contribution in [0.5, 0.6) is 0 Å². The maximum absolute atomic E-state index is 11.5. The molecule has 1 aromatic heterocycles. The van der Waals surface area contributed by atoms with Crippen LogP contribution in [0.15, 0.2) is 17.6 Å². The second-order valence-electron chi connectivity index (χ2n) is 3.44. The van der Waals surface area contributed by atoms with Crippen molar-refractivity contribution < 1.29 is 4.79 Å². The Morgan fingerprint density at radius 1 is 1.79 bits per heavy atom. The molecule has 1 heterocycles. The number of rotatable bonds is 4. The first kappa shape index (κ1) is 9.58. The summed E-state index contributed by atoms with van der Waals surface area (Å²) in [5.74, 6) is 0.105. The molecule has 0 bridgehead atoms. The van der Waals surface area contributed by atoms with E-state index in [1.165, 1.54) is 11.8 Å². The van der Waals surface area contributed by atoms with Crippen LogP contribution in [0.2, 0.25) is 0 Å². The Morgan fingerprint density at radius 2 is 2.57 bits per heavy atom. The highest BCUT2D eigenvalue weighted by molar-refractivity contribution is 8.00. The summed E-state index contributed by atoms with van der Waals surface area (Å²) in [7, 11) is 0. The molecule has 1 aliphatic rings. The van der Waals surface area contributed by atoms with E-state index in [0.29, 0.717) is 6.04 Å². The highest BCUT2D eigenvalue weighted by atomic mass is 32.2. The molecule has 0 aromatic carbocycles. The summed E-state index contributed by atoms with van der Waals surface area (Å²) in [5.41, 5.74) is 0. The van der Waals surface area contributed by atoms with Crippen LogP contribution in [0.3, 0.4) is 0 Å². The topological polar surface area (TPSA) is 57.8 Å². The number of nitrogens with zero attached hydrogens (tertiary/aromatic N) is 1. The van der Waals surface area contributed by atoms with Gasteiger partial charge in [0.1, 0.15) is 0 Å². The minimum absolute atomic E-state index is 0.0817. The summed E-state index contributed by atoms with van der Waals surface area (Å²) in [4.78, 5) is 18.6. The fourth-order valence-electron chi connectivity index (χ4n) is 1.08. The number of H-pyrrole nitrogens is 1. The molecule has 1 atom stereocenters. The van der Waals surface area contributed by atoms with Crippen molar-refractivity contribution in [1.29, 1.82) is 0 Å². The van der Waals surface area contributed by atoms with E-state index in [2.05, 4.69) is 15.3 Å². The number of aromatic nitrogens is 2. The van der Waals surface area contributed by atoms with Gasteiger partial charge in [-0.1, -0.05) is 11.8 Å². The van der Waals surface area contributed by atoms with Crippen LogP contribution < -0.4 is 5.32 Å². The number of aromatic amines is 1. The lowest BCUT2D eigenvalue weighted by molar-refractivity contribution is -0.120. The number of hydrogen-bond acceptors (Lipinski definition) is 3. The number of thioether (sulfide) groups is 1. The third kappa shape index (κ3) is 2.51. The summed E-state index contributed by atoms with van der Waals surface area (Å²) < 4.78 is 0. The lowest BCUT2D eigenvalue weighted by Crippen LogP contribution is -2.32. The highest BCUT2D eigenvalue weighted by Crippen LogP contribution is 2.22. The first-order chi connectivity index (χ1) is 6.75. The molecule has 1 fully saturated rings. The van der Waals surface area contributed by atoms with E-state index in [0.717, 1.165) is 18.0 Å². The van der Waals surface area contributed by atoms with Crippen molar-refractivity contribution in [2.45, 2.75) is 36.2 Å². The van der Waals surface area contributed by atoms with Gasteiger partial charge in [0.05, 0.1) is 5.25 Å². The van der Waals surface area contributed by atoms with Gasteiger partial charge in [-0.05, 0) is 19.8 Å². The van der Waals surface area contributed by atoms with Crippen LogP contribution in [0.1, 0.15) is 19.8 Å². The van der Waals surface area contributed by atoms with Crippen LogP contribution in [0.25, 0.3) is 0 Å². The lowest BCUT2D eigenvalue weighted by atomic mass is 10.4. The fraction of sp³-hybridized carbons (Fsp3) is 0.556. The zero-order chi connectivity index (χ0) is 9.97. The lowest BCUT2D eigenvalue weighted by Gasteiger charge is -2.09. The molecule has 1 amide bonds. The highest BCUT2D eigenvalue weighted by Gasteiger charge is 2.26. The second kappa shape index (κ2) is 4.04. The summed E-state index contributed by atoms with van der Waals surface area (Å²) >= 11 is 1.45. The van der Waals surface area contributed by atoms with E-state index in [1.54, 1.807) is 12.4 Å². The van der Waals surface area contributed by atoms with Gasteiger partial charge in [0, 0.05) is 18.4 Å². The summed E-state index contributed by atoms with van der Waals surface area (Å²) in [6.45, 7) is 1.89. The van der Waals surface area contributed by atoms with Crippen molar-refractivity contribution in [3.8, 4) is 0 Å². The molecular weight excluding hydrogens is 198 g/mol. The zero-order valence-electron chi connectivity index (χ0n) is 7.99. The van der Waals surface area contributed by atoms with Gasteiger partial charge in [-0.2, -0.15) is 0 Å². The Morgan fingerprint density at radius 3 is 3.14 bits per heavy atom. The molecule has 1 aromatic rings. The molecule has 2 N–H and O–H groups in total. The fourth-order valence-corrected chi connectivity index (χ4v) is 1.85.